The van der Waals surface area contributed by atoms with Crippen LogP contribution in [0.2, 0.25) is 0 Å². The van der Waals surface area contributed by atoms with E-state index in [9.17, 15) is 27.6 Å². The molecule has 1 saturated carbocycles. The monoisotopic (exact) mass is 587 g/mol. The van der Waals surface area contributed by atoms with Crippen LogP contribution in [-0.4, -0.2) is 83.0 Å². The molecule has 13 heteroatoms. The zero-order valence-electron chi connectivity index (χ0n) is 23.7. The van der Waals surface area contributed by atoms with Crippen LogP contribution in [0.3, 0.4) is 0 Å². The number of pyridine rings is 1. The molecule has 1 aromatic heterocycles. The van der Waals surface area contributed by atoms with Crippen LogP contribution in [0.15, 0.2) is 12.3 Å². The van der Waals surface area contributed by atoms with Crippen LogP contribution < -0.4 is 5.32 Å². The maximum atomic E-state index is 13.8. The van der Waals surface area contributed by atoms with Crippen molar-refractivity contribution in [2.24, 2.45) is 11.3 Å². The Morgan fingerprint density at radius 2 is 1.90 bits per heavy atom. The van der Waals surface area contributed by atoms with Crippen LogP contribution in [-0.2, 0) is 43.0 Å². The maximum absolute atomic E-state index is 13.8. The van der Waals surface area contributed by atoms with Crippen LogP contribution in [0.1, 0.15) is 69.2 Å². The Bertz CT molecular complexity index is 1070. The number of nitrogens with zero attached hydrogens (tertiary/aromatic N) is 2. The average molecular weight is 588 g/mol. The molecule has 1 saturated heterocycles. The summed E-state index contributed by atoms with van der Waals surface area (Å²) in [4.78, 5) is 38.9. The van der Waals surface area contributed by atoms with Gasteiger partial charge in [0.05, 0.1) is 36.5 Å². The topological polar surface area (TPSA) is 138 Å². The molecular formula is C28H40F3N3O7. The van der Waals surface area contributed by atoms with E-state index in [2.05, 4.69) is 24.1 Å². The number of hydrogen-bond acceptors (Lipinski definition) is 7. The summed E-state index contributed by atoms with van der Waals surface area (Å²) in [5, 5.41) is 19.5. The predicted octanol–water partition coefficient (Wildman–Crippen LogP) is 3.51. The van der Waals surface area contributed by atoms with Crippen molar-refractivity contribution in [3.8, 4) is 0 Å². The summed E-state index contributed by atoms with van der Waals surface area (Å²) in [6.07, 6.45) is -0.412. The van der Waals surface area contributed by atoms with Gasteiger partial charge >= 0.3 is 18.1 Å². The molecule has 0 bridgehead atoms. The van der Waals surface area contributed by atoms with Crippen LogP contribution >= 0.6 is 0 Å². The fourth-order valence-electron chi connectivity index (χ4n) is 5.90. The number of ether oxygens (including phenoxy) is 2. The Balaban J connectivity index is 0.000000507. The average Bonchev–Trinajstić information content (AvgIpc) is 3.36. The smallest absolute Gasteiger partial charge is 0.417 e. The van der Waals surface area contributed by atoms with E-state index in [0.29, 0.717) is 37.4 Å². The number of amides is 1. The lowest BCUT2D eigenvalue weighted by Crippen LogP contribution is -2.52. The number of alkyl halides is 3. The molecule has 4 rings (SSSR count). The number of aromatic nitrogens is 1. The first-order chi connectivity index (χ1) is 19.3. The van der Waals surface area contributed by atoms with Crippen molar-refractivity contribution < 1.29 is 47.2 Å². The summed E-state index contributed by atoms with van der Waals surface area (Å²) in [7, 11) is 1.69. The minimum atomic E-state index is -4.44. The van der Waals surface area contributed by atoms with Crippen molar-refractivity contribution in [1.29, 1.82) is 0 Å². The van der Waals surface area contributed by atoms with Crippen molar-refractivity contribution in [3.63, 3.8) is 0 Å². The van der Waals surface area contributed by atoms with Gasteiger partial charge < -0.3 is 29.9 Å². The molecule has 230 valence electrons. The van der Waals surface area contributed by atoms with E-state index in [1.807, 2.05) is 0 Å². The summed E-state index contributed by atoms with van der Waals surface area (Å²) in [6, 6.07) is 1.55. The van der Waals surface area contributed by atoms with Gasteiger partial charge in [0.25, 0.3) is 0 Å². The molecule has 1 amide bonds. The molecule has 2 aliphatic heterocycles. The Morgan fingerprint density at radius 1 is 1.22 bits per heavy atom. The van der Waals surface area contributed by atoms with Gasteiger partial charge in [0.15, 0.2) is 0 Å². The number of hydrogen-bond donors (Lipinski definition) is 3. The highest BCUT2D eigenvalue weighted by atomic mass is 19.4. The van der Waals surface area contributed by atoms with Gasteiger partial charge in [0, 0.05) is 57.2 Å². The van der Waals surface area contributed by atoms with Crippen LogP contribution in [0, 0.1) is 11.3 Å². The Morgan fingerprint density at radius 3 is 2.49 bits per heavy atom. The van der Waals surface area contributed by atoms with Crippen molar-refractivity contribution in [2.45, 2.75) is 89.7 Å². The Hall–Kier alpha value is -2.77. The Labute approximate surface area is 237 Å². The van der Waals surface area contributed by atoms with E-state index in [1.165, 1.54) is 0 Å². The molecule has 0 spiro atoms. The van der Waals surface area contributed by atoms with Gasteiger partial charge in [-0.1, -0.05) is 13.8 Å². The van der Waals surface area contributed by atoms with E-state index in [4.69, 9.17) is 19.7 Å². The standard InChI is InChI=1S/C24H34F3N3O3.C4H6O4/c1-15(2)23(7-4-18(11-23)29-20-6-9-33-14-21(20)32-3)22(31)30-8-5-19-16(13-30)10-17(12-28-19)24(25,26)27;5-3(6)1-2-4(7)8/h10,12,15,18,20-21,29H,4-9,11,13-14H2,1-3H3;1-2H2,(H,5,6)(H,7,8). The molecule has 10 nitrogen and oxygen atoms in total. The first-order valence-electron chi connectivity index (χ1n) is 13.9. The summed E-state index contributed by atoms with van der Waals surface area (Å²) in [6.45, 7) is 6.09. The number of carbonyl (C=O) groups is 3. The molecule has 4 unspecified atom stereocenters. The highest BCUT2D eigenvalue weighted by Gasteiger charge is 2.50. The third-order valence-corrected chi connectivity index (χ3v) is 8.34. The van der Waals surface area contributed by atoms with E-state index in [-0.39, 0.29) is 49.4 Å². The lowest BCUT2D eigenvalue weighted by Gasteiger charge is -2.40. The summed E-state index contributed by atoms with van der Waals surface area (Å²) >= 11 is 0. The third-order valence-electron chi connectivity index (χ3n) is 8.34. The number of nitrogens with one attached hydrogen (secondary N) is 1. The highest BCUT2D eigenvalue weighted by Crippen LogP contribution is 2.47. The van der Waals surface area contributed by atoms with Gasteiger partial charge in [-0.05, 0) is 43.2 Å². The number of methoxy groups -OCH3 is 1. The number of carboxylic acid groups (broad SMARTS) is 2. The van der Waals surface area contributed by atoms with Crippen molar-refractivity contribution >= 4 is 17.8 Å². The van der Waals surface area contributed by atoms with Gasteiger partial charge in [-0.3, -0.25) is 19.4 Å². The zero-order chi connectivity index (χ0) is 30.4. The van der Waals surface area contributed by atoms with E-state index in [0.717, 1.165) is 37.9 Å². The fraction of sp³-hybridized carbons (Fsp3) is 0.714. The molecule has 0 aromatic carbocycles. The number of rotatable bonds is 8. The number of carbonyl (C=O) groups excluding carboxylic acids is 1. The van der Waals surface area contributed by atoms with Crippen LogP contribution in [0.25, 0.3) is 0 Å². The first-order valence-corrected chi connectivity index (χ1v) is 13.9. The summed E-state index contributed by atoms with van der Waals surface area (Å²) in [5.41, 5.74) is -0.121. The third kappa shape index (κ3) is 8.39. The molecule has 1 aliphatic carbocycles. The molecule has 3 N–H and O–H groups in total. The fourth-order valence-corrected chi connectivity index (χ4v) is 5.90. The molecule has 1 aromatic rings. The minimum absolute atomic E-state index is 0.00238. The van der Waals surface area contributed by atoms with Crippen molar-refractivity contribution in [3.05, 3.63) is 29.1 Å². The number of aliphatic carboxylic acids is 2. The number of fused-ring (bicyclic) bond motifs is 1. The molecule has 41 heavy (non-hydrogen) atoms. The largest absolute Gasteiger partial charge is 0.481 e. The van der Waals surface area contributed by atoms with E-state index >= 15 is 0 Å². The number of carboxylic acids is 2. The van der Waals surface area contributed by atoms with Crippen molar-refractivity contribution in [2.75, 3.05) is 26.9 Å². The molecule has 2 fully saturated rings. The Kier molecular flexibility index (Phi) is 11.1. The van der Waals surface area contributed by atoms with Crippen LogP contribution in [0.5, 0.6) is 0 Å². The van der Waals surface area contributed by atoms with E-state index < -0.39 is 29.1 Å². The molecule has 0 radical (unpaired) electrons. The number of halogens is 3. The predicted molar refractivity (Wildman–Crippen MR) is 141 cm³/mol. The van der Waals surface area contributed by atoms with Gasteiger partial charge in [-0.25, -0.2) is 0 Å². The quantitative estimate of drug-likeness (QED) is 0.417. The molecule has 3 aliphatic rings. The lowest BCUT2D eigenvalue weighted by molar-refractivity contribution is -0.146. The van der Waals surface area contributed by atoms with Gasteiger partial charge in [0.2, 0.25) is 5.91 Å². The van der Waals surface area contributed by atoms with E-state index in [1.54, 1.807) is 12.0 Å². The van der Waals surface area contributed by atoms with Gasteiger partial charge in [-0.15, -0.1) is 0 Å². The molecular weight excluding hydrogens is 547 g/mol. The first kappa shape index (κ1) is 32.7. The second-order valence-electron chi connectivity index (χ2n) is 11.3. The second kappa shape index (κ2) is 13.9. The molecule has 4 atom stereocenters. The SMILES string of the molecule is COC1COCCC1NC1CCC(C(=O)N2CCc3ncc(C(F)(F)F)cc3C2)(C(C)C)C1.O=C(O)CCC(=O)O. The van der Waals surface area contributed by atoms with Crippen LogP contribution in [0.4, 0.5) is 13.2 Å². The van der Waals surface area contributed by atoms with Crippen molar-refractivity contribution in [1.82, 2.24) is 15.2 Å². The maximum Gasteiger partial charge on any atom is 0.417 e. The summed E-state index contributed by atoms with van der Waals surface area (Å²) in [5.74, 6) is -1.97. The zero-order valence-corrected chi connectivity index (χ0v) is 23.7. The normalized spacial score (nSPS) is 26.2. The minimum Gasteiger partial charge on any atom is -0.481 e. The van der Waals surface area contributed by atoms with Gasteiger partial charge in [0.1, 0.15) is 0 Å². The summed E-state index contributed by atoms with van der Waals surface area (Å²) < 4.78 is 50.6. The lowest BCUT2D eigenvalue weighted by atomic mass is 9.74. The molecule has 3 heterocycles. The highest BCUT2D eigenvalue weighted by molar-refractivity contribution is 5.84. The van der Waals surface area contributed by atoms with Gasteiger partial charge in [-0.2, -0.15) is 13.2 Å². The second-order valence-corrected chi connectivity index (χ2v) is 11.3.